The molecule has 0 saturated heterocycles. The normalized spacial score (nSPS) is 12.3. The Morgan fingerprint density at radius 2 is 1.19 bits per heavy atom. The van der Waals surface area contributed by atoms with Crippen molar-refractivity contribution < 1.29 is 13.2 Å². The second-order valence-corrected chi connectivity index (χ2v) is 12.1. The van der Waals surface area contributed by atoms with E-state index in [9.17, 15) is 13.2 Å². The third-order valence-corrected chi connectivity index (χ3v) is 9.03. The van der Waals surface area contributed by atoms with Gasteiger partial charge in [0.2, 0.25) is 0 Å². The van der Waals surface area contributed by atoms with Gasteiger partial charge in [0.15, 0.2) is 0 Å². The standard InChI is InChI=1S/C44H33F3/c1-4-5-6-14-34-29(3)11-9-17-37(34)43-40-26-28(2)18-24-38(40)42(39-25-23-33(27-41(39)43)44(45,46)47)32-21-19-31(20-22-32)36-16-10-13-30-12-7-8-15-35(30)36/h4-27H,1-3H3/b5-4-,14-6-. The molecule has 0 bridgehead atoms. The number of hydrogen-bond acceptors (Lipinski definition) is 0. The minimum atomic E-state index is -4.48. The van der Waals surface area contributed by atoms with Gasteiger partial charge in [-0.25, -0.2) is 0 Å². The molecule has 47 heavy (non-hydrogen) atoms. The Bertz CT molecular complexity index is 2350. The van der Waals surface area contributed by atoms with Gasteiger partial charge in [-0.2, -0.15) is 13.2 Å². The minimum Gasteiger partial charge on any atom is -0.166 e. The summed E-state index contributed by atoms with van der Waals surface area (Å²) >= 11 is 0. The smallest absolute Gasteiger partial charge is 0.166 e. The zero-order valence-corrected chi connectivity index (χ0v) is 26.5. The van der Waals surface area contributed by atoms with Crippen LogP contribution in [0.2, 0.25) is 0 Å². The third kappa shape index (κ3) is 5.53. The average Bonchev–Trinajstić information content (AvgIpc) is 3.07. The predicted octanol–water partition coefficient (Wildman–Crippen LogP) is 13.4. The summed E-state index contributed by atoms with van der Waals surface area (Å²) in [6, 6.07) is 39.6. The highest BCUT2D eigenvalue weighted by molar-refractivity contribution is 6.22. The van der Waals surface area contributed by atoms with Crippen LogP contribution in [0.1, 0.15) is 29.2 Å². The quantitative estimate of drug-likeness (QED) is 0.133. The lowest BCUT2D eigenvalue weighted by molar-refractivity contribution is -0.137. The number of halogens is 3. The number of alkyl halides is 3. The Kier molecular flexibility index (Phi) is 7.77. The molecule has 0 aliphatic carbocycles. The average molecular weight is 619 g/mol. The molecule has 7 aromatic rings. The molecule has 0 radical (unpaired) electrons. The predicted molar refractivity (Wildman–Crippen MR) is 194 cm³/mol. The third-order valence-electron chi connectivity index (χ3n) is 9.03. The molecule has 7 rings (SSSR count). The molecule has 0 aliphatic heterocycles. The molecule has 230 valence electrons. The highest BCUT2D eigenvalue weighted by Gasteiger charge is 2.31. The van der Waals surface area contributed by atoms with Crippen LogP contribution in [0.3, 0.4) is 0 Å². The van der Waals surface area contributed by atoms with Gasteiger partial charge in [0.1, 0.15) is 0 Å². The van der Waals surface area contributed by atoms with Crippen LogP contribution in [0.5, 0.6) is 0 Å². The van der Waals surface area contributed by atoms with E-state index in [0.29, 0.717) is 5.39 Å². The number of fused-ring (bicyclic) bond motifs is 3. The Hall–Kier alpha value is -5.41. The first-order valence-electron chi connectivity index (χ1n) is 15.8. The molecule has 0 spiro atoms. The van der Waals surface area contributed by atoms with Crippen LogP contribution >= 0.6 is 0 Å². The number of rotatable bonds is 5. The van der Waals surface area contributed by atoms with Crippen molar-refractivity contribution >= 4 is 38.4 Å². The first kappa shape index (κ1) is 30.3. The van der Waals surface area contributed by atoms with Gasteiger partial charge in [0, 0.05) is 0 Å². The summed E-state index contributed by atoms with van der Waals surface area (Å²) in [7, 11) is 0. The Morgan fingerprint density at radius 1 is 0.532 bits per heavy atom. The molecular formula is C44H33F3. The van der Waals surface area contributed by atoms with E-state index in [1.54, 1.807) is 6.07 Å². The fraction of sp³-hybridized carbons (Fsp3) is 0.0909. The zero-order chi connectivity index (χ0) is 32.7. The highest BCUT2D eigenvalue weighted by atomic mass is 19.4. The summed E-state index contributed by atoms with van der Waals surface area (Å²) in [4.78, 5) is 0. The Balaban J connectivity index is 1.54. The molecule has 0 aliphatic rings. The van der Waals surface area contributed by atoms with E-state index in [-0.39, 0.29) is 0 Å². The summed E-state index contributed by atoms with van der Waals surface area (Å²) in [5, 5.41) is 5.64. The van der Waals surface area contributed by atoms with Crippen molar-refractivity contribution in [3.8, 4) is 33.4 Å². The maximum Gasteiger partial charge on any atom is 0.416 e. The molecule has 0 unspecified atom stereocenters. The molecule has 0 aromatic heterocycles. The summed E-state index contributed by atoms with van der Waals surface area (Å²) in [6.45, 7) is 6.03. The lowest BCUT2D eigenvalue weighted by Crippen LogP contribution is -2.05. The first-order valence-corrected chi connectivity index (χ1v) is 15.8. The summed E-state index contributed by atoms with van der Waals surface area (Å²) in [6.07, 6.45) is 3.47. The lowest BCUT2D eigenvalue weighted by atomic mass is 9.82. The van der Waals surface area contributed by atoms with Crippen molar-refractivity contribution in [1.82, 2.24) is 0 Å². The lowest BCUT2D eigenvalue weighted by Gasteiger charge is -2.21. The molecular weight excluding hydrogens is 585 g/mol. The molecule has 0 fully saturated rings. The van der Waals surface area contributed by atoms with E-state index in [4.69, 9.17) is 0 Å². The summed E-state index contributed by atoms with van der Waals surface area (Å²) in [5.41, 5.74) is 8.25. The van der Waals surface area contributed by atoms with Crippen LogP contribution in [-0.2, 0) is 6.18 Å². The number of aryl methyl sites for hydroxylation is 2. The molecule has 0 amide bonds. The largest absolute Gasteiger partial charge is 0.416 e. The van der Waals surface area contributed by atoms with Crippen molar-refractivity contribution in [2.24, 2.45) is 0 Å². The van der Waals surface area contributed by atoms with Crippen LogP contribution in [0.25, 0.3) is 71.8 Å². The van der Waals surface area contributed by atoms with Crippen LogP contribution in [0.4, 0.5) is 13.2 Å². The van der Waals surface area contributed by atoms with Crippen molar-refractivity contribution in [3.63, 3.8) is 0 Å². The first-order chi connectivity index (χ1) is 22.7. The van der Waals surface area contributed by atoms with E-state index < -0.39 is 11.7 Å². The van der Waals surface area contributed by atoms with Gasteiger partial charge in [-0.1, -0.05) is 139 Å². The number of benzene rings is 7. The zero-order valence-electron chi connectivity index (χ0n) is 26.5. The van der Waals surface area contributed by atoms with E-state index in [2.05, 4.69) is 72.8 Å². The molecule has 0 atom stereocenters. The molecule has 0 saturated carbocycles. The molecule has 0 N–H and O–H groups in total. The van der Waals surface area contributed by atoms with Gasteiger partial charge < -0.3 is 0 Å². The van der Waals surface area contributed by atoms with E-state index in [0.717, 1.165) is 66.2 Å². The van der Waals surface area contributed by atoms with Gasteiger partial charge in [-0.05, 0) is 110 Å². The van der Waals surface area contributed by atoms with E-state index in [1.165, 1.54) is 22.9 Å². The fourth-order valence-electron chi connectivity index (χ4n) is 6.80. The maximum atomic E-state index is 14.3. The molecule has 0 nitrogen and oxygen atoms in total. The van der Waals surface area contributed by atoms with E-state index in [1.807, 2.05) is 75.4 Å². The summed E-state index contributed by atoms with van der Waals surface area (Å²) < 4.78 is 42.9. The van der Waals surface area contributed by atoms with Crippen molar-refractivity contribution in [3.05, 3.63) is 162 Å². The second-order valence-electron chi connectivity index (χ2n) is 12.1. The number of allylic oxidation sites excluding steroid dienone is 3. The second kappa shape index (κ2) is 12.1. The molecule has 0 heterocycles. The molecule has 3 heteroatoms. The van der Waals surface area contributed by atoms with Gasteiger partial charge in [-0.15, -0.1) is 0 Å². The van der Waals surface area contributed by atoms with Gasteiger partial charge in [0.25, 0.3) is 0 Å². The monoisotopic (exact) mass is 618 g/mol. The van der Waals surface area contributed by atoms with E-state index >= 15 is 0 Å². The van der Waals surface area contributed by atoms with Crippen molar-refractivity contribution in [1.29, 1.82) is 0 Å². The van der Waals surface area contributed by atoms with Crippen LogP contribution in [0.15, 0.2) is 140 Å². The Morgan fingerprint density at radius 3 is 1.96 bits per heavy atom. The van der Waals surface area contributed by atoms with Crippen molar-refractivity contribution in [2.45, 2.75) is 26.9 Å². The summed E-state index contributed by atoms with van der Waals surface area (Å²) in [5.74, 6) is 0. The fourth-order valence-corrected chi connectivity index (χ4v) is 6.80. The van der Waals surface area contributed by atoms with Crippen LogP contribution in [-0.4, -0.2) is 0 Å². The van der Waals surface area contributed by atoms with Gasteiger partial charge in [-0.3, -0.25) is 0 Å². The molecule has 7 aromatic carbocycles. The number of hydrogen-bond donors (Lipinski definition) is 0. The topological polar surface area (TPSA) is 0 Å². The maximum absolute atomic E-state index is 14.3. The highest BCUT2D eigenvalue weighted by Crippen LogP contribution is 2.47. The van der Waals surface area contributed by atoms with Gasteiger partial charge >= 0.3 is 6.18 Å². The Labute approximate surface area is 273 Å². The van der Waals surface area contributed by atoms with Crippen molar-refractivity contribution in [2.75, 3.05) is 0 Å². The van der Waals surface area contributed by atoms with Crippen LogP contribution < -0.4 is 0 Å². The van der Waals surface area contributed by atoms with Gasteiger partial charge in [0.05, 0.1) is 5.56 Å². The minimum absolute atomic E-state index is 0.581. The van der Waals surface area contributed by atoms with Crippen LogP contribution in [0, 0.1) is 13.8 Å². The SMILES string of the molecule is C/C=C\C=C/c1c(C)cccc1-c1c2cc(C)ccc2c(-c2ccc(-c3cccc4ccccc34)cc2)c2ccc(C(F)(F)F)cc12.